The molecule has 2 saturated heterocycles. The maximum atomic E-state index is 13.2. The Morgan fingerprint density at radius 3 is 2.77 bits per heavy atom. The number of nitriles is 1. The summed E-state index contributed by atoms with van der Waals surface area (Å²) in [6.07, 6.45) is 3.79. The summed E-state index contributed by atoms with van der Waals surface area (Å²) < 4.78 is 6.12. The van der Waals surface area contributed by atoms with Crippen molar-refractivity contribution in [3.8, 4) is 11.8 Å². The standard InChI is InChI=1S/C28H28N8O3/c1-19-25(16-32-33-27(19)37)36-17-22(30-2)13-23(36)18-39-24-5-3-4-21(12-24)28(38)35-10-8-34(9-11-35)26-7-6-20(14-29)15-31-26/h3-7,12,15-16,22-23H,8-11,13,17-18H2,1H3,(H,33,37)/t22-,23+/m1/s1. The zero-order chi connectivity index (χ0) is 27.4. The van der Waals surface area contributed by atoms with Crippen molar-refractivity contribution in [1.29, 1.82) is 5.26 Å². The lowest BCUT2D eigenvalue weighted by molar-refractivity contribution is 0.0746. The van der Waals surface area contributed by atoms with Crippen molar-refractivity contribution in [3.63, 3.8) is 0 Å². The summed E-state index contributed by atoms with van der Waals surface area (Å²) in [4.78, 5) is 39.4. The Labute approximate surface area is 226 Å². The highest BCUT2D eigenvalue weighted by Crippen LogP contribution is 2.29. The van der Waals surface area contributed by atoms with Gasteiger partial charge in [0.2, 0.25) is 6.04 Å². The third kappa shape index (κ3) is 5.53. The summed E-state index contributed by atoms with van der Waals surface area (Å²) in [7, 11) is 0. The van der Waals surface area contributed by atoms with Crippen molar-refractivity contribution in [3.05, 3.63) is 87.3 Å². The van der Waals surface area contributed by atoms with Gasteiger partial charge in [0, 0.05) is 49.9 Å². The number of nitrogens with zero attached hydrogens (tertiary/aromatic N) is 7. The number of hydrogen-bond donors (Lipinski definition) is 1. The molecule has 2 aliphatic heterocycles. The molecule has 4 heterocycles. The molecule has 1 amide bonds. The summed E-state index contributed by atoms with van der Waals surface area (Å²) in [5.74, 6) is 1.31. The summed E-state index contributed by atoms with van der Waals surface area (Å²) >= 11 is 0. The minimum atomic E-state index is -0.251. The number of ether oxygens (including phenoxy) is 1. The average Bonchev–Trinajstić information content (AvgIpc) is 3.40. The van der Waals surface area contributed by atoms with Gasteiger partial charge in [-0.2, -0.15) is 10.4 Å². The van der Waals surface area contributed by atoms with E-state index in [-0.39, 0.29) is 23.6 Å². The van der Waals surface area contributed by atoms with E-state index >= 15 is 0 Å². The molecule has 1 N–H and O–H groups in total. The Bertz CT molecular complexity index is 1480. The maximum absolute atomic E-state index is 13.2. The first-order chi connectivity index (χ1) is 19.0. The lowest BCUT2D eigenvalue weighted by Gasteiger charge is -2.35. The first kappa shape index (κ1) is 25.7. The quantitative estimate of drug-likeness (QED) is 0.487. The van der Waals surface area contributed by atoms with E-state index in [9.17, 15) is 9.59 Å². The van der Waals surface area contributed by atoms with Crippen molar-refractivity contribution in [2.24, 2.45) is 0 Å². The number of piperazine rings is 1. The Kier molecular flexibility index (Phi) is 7.41. The van der Waals surface area contributed by atoms with E-state index in [0.717, 1.165) is 5.82 Å². The predicted octanol–water partition coefficient (Wildman–Crippen LogP) is 2.25. The molecule has 198 valence electrons. The van der Waals surface area contributed by atoms with Gasteiger partial charge in [-0.15, -0.1) is 0 Å². The van der Waals surface area contributed by atoms with E-state index in [0.29, 0.717) is 73.9 Å². The average molecular weight is 525 g/mol. The molecule has 0 radical (unpaired) electrons. The number of hydrogen-bond acceptors (Lipinski definition) is 8. The molecule has 5 rings (SSSR count). The number of carbonyl (C=O) groups excluding carboxylic acids is 1. The highest BCUT2D eigenvalue weighted by atomic mass is 16.5. The predicted molar refractivity (Wildman–Crippen MR) is 145 cm³/mol. The van der Waals surface area contributed by atoms with Gasteiger partial charge >= 0.3 is 0 Å². The van der Waals surface area contributed by atoms with Crippen LogP contribution in [0.5, 0.6) is 5.75 Å². The lowest BCUT2D eigenvalue weighted by atomic mass is 10.1. The van der Waals surface area contributed by atoms with Gasteiger partial charge < -0.3 is 24.3 Å². The number of aromatic nitrogens is 3. The zero-order valence-corrected chi connectivity index (χ0v) is 21.6. The van der Waals surface area contributed by atoms with Crippen molar-refractivity contribution < 1.29 is 9.53 Å². The largest absolute Gasteiger partial charge is 0.491 e. The van der Waals surface area contributed by atoms with E-state index < -0.39 is 0 Å². The van der Waals surface area contributed by atoms with E-state index in [1.807, 2.05) is 21.9 Å². The van der Waals surface area contributed by atoms with E-state index in [4.69, 9.17) is 16.6 Å². The number of H-pyrrole nitrogens is 1. The van der Waals surface area contributed by atoms with Crippen LogP contribution in [0.2, 0.25) is 0 Å². The van der Waals surface area contributed by atoms with Crippen LogP contribution in [0.3, 0.4) is 0 Å². The fourth-order valence-corrected chi connectivity index (χ4v) is 5.05. The zero-order valence-electron chi connectivity index (χ0n) is 21.6. The van der Waals surface area contributed by atoms with Crippen LogP contribution in [0.25, 0.3) is 4.85 Å². The second-order valence-corrected chi connectivity index (χ2v) is 9.67. The van der Waals surface area contributed by atoms with Gasteiger partial charge in [0.25, 0.3) is 11.5 Å². The smallest absolute Gasteiger partial charge is 0.269 e. The molecular formula is C28H28N8O3. The molecule has 39 heavy (non-hydrogen) atoms. The molecule has 0 unspecified atom stereocenters. The highest BCUT2D eigenvalue weighted by molar-refractivity contribution is 5.94. The van der Waals surface area contributed by atoms with E-state index in [2.05, 4.69) is 31.0 Å². The Morgan fingerprint density at radius 1 is 1.23 bits per heavy atom. The summed E-state index contributed by atoms with van der Waals surface area (Å²) in [6.45, 7) is 12.5. The number of amides is 1. The Hall–Kier alpha value is -4.90. The molecule has 1 aromatic carbocycles. The van der Waals surface area contributed by atoms with E-state index in [1.165, 1.54) is 0 Å². The maximum Gasteiger partial charge on any atom is 0.269 e. The summed E-state index contributed by atoms with van der Waals surface area (Å²) in [5, 5.41) is 15.4. The third-order valence-electron chi connectivity index (χ3n) is 7.25. The monoisotopic (exact) mass is 524 g/mol. The number of aromatic amines is 1. The molecule has 3 aromatic rings. The van der Waals surface area contributed by atoms with Gasteiger partial charge in [0.1, 0.15) is 24.2 Å². The van der Waals surface area contributed by atoms with Crippen molar-refractivity contribution in [1.82, 2.24) is 20.1 Å². The molecule has 0 aliphatic carbocycles. The van der Waals surface area contributed by atoms with Crippen molar-refractivity contribution in [2.45, 2.75) is 25.4 Å². The second kappa shape index (κ2) is 11.2. The molecule has 0 bridgehead atoms. The van der Waals surface area contributed by atoms with Crippen LogP contribution < -0.4 is 20.1 Å². The number of benzene rings is 1. The second-order valence-electron chi connectivity index (χ2n) is 9.67. The summed E-state index contributed by atoms with van der Waals surface area (Å²) in [6, 6.07) is 12.5. The molecule has 0 spiro atoms. The van der Waals surface area contributed by atoms with Gasteiger partial charge in [-0.3, -0.25) is 9.59 Å². The number of anilines is 2. The third-order valence-corrected chi connectivity index (χ3v) is 7.25. The fraction of sp³-hybridized carbons (Fsp3) is 0.357. The van der Waals surface area contributed by atoms with Gasteiger partial charge in [0.05, 0.1) is 30.0 Å². The fourth-order valence-electron chi connectivity index (χ4n) is 5.05. The van der Waals surface area contributed by atoms with Crippen LogP contribution in [-0.4, -0.2) is 77.4 Å². The van der Waals surface area contributed by atoms with Crippen LogP contribution in [0.4, 0.5) is 11.5 Å². The topological polar surface area (TPSA) is 123 Å². The van der Waals surface area contributed by atoms with Crippen LogP contribution in [0.1, 0.15) is 27.9 Å². The van der Waals surface area contributed by atoms with Crippen LogP contribution in [0.15, 0.2) is 53.6 Å². The number of carbonyl (C=O) groups is 1. The summed E-state index contributed by atoms with van der Waals surface area (Å²) in [5.41, 5.74) is 2.08. The van der Waals surface area contributed by atoms with Gasteiger partial charge in [0.15, 0.2) is 0 Å². The van der Waals surface area contributed by atoms with Crippen molar-refractivity contribution >= 4 is 17.4 Å². The number of nitrogens with one attached hydrogen (secondary N) is 1. The Morgan fingerprint density at radius 2 is 2.05 bits per heavy atom. The molecular weight excluding hydrogens is 496 g/mol. The number of pyridine rings is 1. The molecule has 2 fully saturated rings. The van der Waals surface area contributed by atoms with Crippen LogP contribution in [-0.2, 0) is 0 Å². The van der Waals surface area contributed by atoms with Gasteiger partial charge in [-0.25, -0.2) is 16.7 Å². The molecule has 2 aromatic heterocycles. The number of rotatable bonds is 6. The molecule has 2 aliphatic rings. The minimum Gasteiger partial charge on any atom is -0.491 e. The first-order valence-electron chi connectivity index (χ1n) is 12.8. The normalized spacial score (nSPS) is 18.9. The molecule has 0 saturated carbocycles. The highest BCUT2D eigenvalue weighted by Gasteiger charge is 2.37. The van der Waals surface area contributed by atoms with Crippen LogP contribution in [0, 0.1) is 24.8 Å². The van der Waals surface area contributed by atoms with Gasteiger partial charge in [-0.05, 0) is 37.3 Å². The Balaban J connectivity index is 1.21. The van der Waals surface area contributed by atoms with Gasteiger partial charge in [-0.1, -0.05) is 6.07 Å². The van der Waals surface area contributed by atoms with E-state index in [1.54, 1.807) is 43.6 Å². The first-order valence-corrected chi connectivity index (χ1v) is 12.8. The van der Waals surface area contributed by atoms with Crippen LogP contribution >= 0.6 is 0 Å². The molecule has 11 nitrogen and oxygen atoms in total. The van der Waals surface area contributed by atoms with Crippen molar-refractivity contribution in [2.75, 3.05) is 49.1 Å². The SMILES string of the molecule is [C-]#[N+][C@@H]1C[C@@H](COc2cccc(C(=O)N3CCN(c4ccc(C#N)cn4)CC3)c2)N(c2cn[nH]c(=O)c2C)C1. The minimum absolute atomic E-state index is 0.0614. The molecule has 11 heteroatoms. The lowest BCUT2D eigenvalue weighted by Crippen LogP contribution is -2.49. The molecule has 2 atom stereocenters.